The first-order valence-electron chi connectivity index (χ1n) is 7.95. The molecule has 7 heteroatoms. The largest absolute Gasteiger partial charge is 0.338 e. The van der Waals surface area contributed by atoms with Gasteiger partial charge >= 0.3 is 0 Å². The number of fused-ring (bicyclic) bond motifs is 1. The summed E-state index contributed by atoms with van der Waals surface area (Å²) < 4.78 is 3.18. The second kappa shape index (κ2) is 5.64. The summed E-state index contributed by atoms with van der Waals surface area (Å²) in [6.45, 7) is 10.0. The number of nitriles is 1. The van der Waals surface area contributed by atoms with E-state index in [1.807, 2.05) is 25.5 Å². The van der Waals surface area contributed by atoms with Crippen molar-refractivity contribution in [3.8, 4) is 17.3 Å². The zero-order chi connectivity index (χ0) is 17.6. The maximum Gasteiger partial charge on any atom is 0.278 e. The first-order valence-corrected chi connectivity index (χ1v) is 7.95. The fourth-order valence-corrected chi connectivity index (χ4v) is 3.05. The third-order valence-corrected chi connectivity index (χ3v) is 4.21. The maximum atomic E-state index is 12.9. The van der Waals surface area contributed by atoms with E-state index in [0.717, 1.165) is 11.3 Å². The molecule has 0 fully saturated rings. The van der Waals surface area contributed by atoms with Crippen LogP contribution < -0.4 is 5.56 Å². The minimum Gasteiger partial charge on any atom is -0.338 e. The predicted molar refractivity (Wildman–Crippen MR) is 91.0 cm³/mol. The van der Waals surface area contributed by atoms with Crippen LogP contribution in [0.2, 0.25) is 0 Å². The van der Waals surface area contributed by atoms with Gasteiger partial charge in [-0.2, -0.15) is 20.0 Å². The summed E-state index contributed by atoms with van der Waals surface area (Å²) in [4.78, 5) is 16.1. The maximum absolute atomic E-state index is 12.9. The second-order valence-corrected chi connectivity index (χ2v) is 6.49. The van der Waals surface area contributed by atoms with Gasteiger partial charge in [-0.05, 0) is 26.7 Å². The summed E-state index contributed by atoms with van der Waals surface area (Å²) >= 11 is 0. The molecule has 0 bridgehead atoms. The van der Waals surface area contributed by atoms with E-state index >= 15 is 0 Å². The van der Waals surface area contributed by atoms with E-state index < -0.39 is 0 Å². The molecule has 0 amide bonds. The average Bonchev–Trinajstić information content (AvgIpc) is 3.09. The quantitative estimate of drug-likeness (QED) is 0.802. The van der Waals surface area contributed by atoms with Crippen molar-refractivity contribution in [2.45, 2.75) is 46.6 Å². The molecular formula is C17H20N6O. The molecular weight excluding hydrogens is 304 g/mol. The number of nitrogens with zero attached hydrogens (tertiary/aromatic N) is 5. The number of nitrogens with one attached hydrogen (secondary N) is 1. The third kappa shape index (κ3) is 2.22. The van der Waals surface area contributed by atoms with Crippen LogP contribution in [0.1, 0.15) is 56.5 Å². The van der Waals surface area contributed by atoms with Crippen molar-refractivity contribution in [3.05, 3.63) is 39.6 Å². The highest BCUT2D eigenvalue weighted by Crippen LogP contribution is 2.29. The molecule has 3 heterocycles. The van der Waals surface area contributed by atoms with Crippen molar-refractivity contribution in [1.82, 2.24) is 24.4 Å². The molecule has 0 spiro atoms. The second-order valence-electron chi connectivity index (χ2n) is 6.49. The fraction of sp³-hybridized carbons (Fsp3) is 0.412. The average molecular weight is 324 g/mol. The summed E-state index contributed by atoms with van der Waals surface area (Å²) in [6, 6.07) is 2.29. The van der Waals surface area contributed by atoms with Crippen LogP contribution >= 0.6 is 0 Å². The lowest BCUT2D eigenvalue weighted by Gasteiger charge is -2.14. The molecule has 0 saturated carbocycles. The third-order valence-electron chi connectivity index (χ3n) is 4.21. The van der Waals surface area contributed by atoms with E-state index in [-0.39, 0.29) is 17.5 Å². The molecule has 7 nitrogen and oxygen atoms in total. The minimum absolute atomic E-state index is 0.00434. The Morgan fingerprint density at radius 2 is 1.92 bits per heavy atom. The zero-order valence-corrected chi connectivity index (χ0v) is 14.5. The Bertz CT molecular complexity index is 1010. The molecule has 3 aromatic rings. The van der Waals surface area contributed by atoms with Gasteiger partial charge < -0.3 is 4.98 Å². The Hall–Kier alpha value is -2.88. The number of rotatable bonds is 3. The first kappa shape index (κ1) is 16.0. The van der Waals surface area contributed by atoms with Gasteiger partial charge in [0.2, 0.25) is 0 Å². The van der Waals surface area contributed by atoms with Gasteiger partial charge in [0.1, 0.15) is 11.6 Å². The molecule has 0 saturated heterocycles. The van der Waals surface area contributed by atoms with Crippen LogP contribution in [0.5, 0.6) is 0 Å². The lowest BCUT2D eigenvalue weighted by atomic mass is 9.98. The molecule has 24 heavy (non-hydrogen) atoms. The summed E-state index contributed by atoms with van der Waals surface area (Å²) in [5, 5.41) is 17.7. The predicted octanol–water partition coefficient (Wildman–Crippen LogP) is 2.77. The van der Waals surface area contributed by atoms with Gasteiger partial charge in [0, 0.05) is 22.9 Å². The lowest BCUT2D eigenvalue weighted by Crippen LogP contribution is -2.22. The van der Waals surface area contributed by atoms with Crippen molar-refractivity contribution in [1.29, 1.82) is 5.26 Å². The van der Waals surface area contributed by atoms with Gasteiger partial charge in [-0.3, -0.25) is 9.48 Å². The van der Waals surface area contributed by atoms with Gasteiger partial charge in [0.05, 0.1) is 18.1 Å². The highest BCUT2D eigenvalue weighted by atomic mass is 16.1. The van der Waals surface area contributed by atoms with Gasteiger partial charge in [-0.25, -0.2) is 0 Å². The molecule has 0 atom stereocenters. The summed E-state index contributed by atoms with van der Waals surface area (Å²) in [6.07, 6.45) is 3.18. The highest BCUT2D eigenvalue weighted by Gasteiger charge is 2.22. The Kier molecular flexibility index (Phi) is 3.76. The van der Waals surface area contributed by atoms with Crippen LogP contribution in [-0.4, -0.2) is 24.4 Å². The van der Waals surface area contributed by atoms with E-state index in [2.05, 4.69) is 35.1 Å². The smallest absolute Gasteiger partial charge is 0.278 e. The summed E-state index contributed by atoms with van der Waals surface area (Å²) in [5.74, 6) is 0.00434. The standard InChI is InChI=1S/C17H20N6O/c1-9(2)14-15(13-8-20-22(10(3)4)11(13)5)21-16-12(6-18)7-19-23(16)17(14)24/h7-10,21H,1-5H3. The van der Waals surface area contributed by atoms with Crippen LogP contribution in [0.4, 0.5) is 0 Å². The molecule has 1 N–H and O–H groups in total. The topological polar surface area (TPSA) is 91.8 Å². The first-order chi connectivity index (χ1) is 11.4. The number of hydrogen-bond donors (Lipinski definition) is 1. The molecule has 3 rings (SSSR count). The van der Waals surface area contributed by atoms with Crippen molar-refractivity contribution in [3.63, 3.8) is 0 Å². The van der Waals surface area contributed by atoms with Gasteiger partial charge in [-0.1, -0.05) is 13.8 Å². The highest BCUT2D eigenvalue weighted by molar-refractivity contribution is 5.69. The van der Waals surface area contributed by atoms with E-state index in [1.54, 1.807) is 6.20 Å². The van der Waals surface area contributed by atoms with Crippen LogP contribution in [0.25, 0.3) is 16.9 Å². The van der Waals surface area contributed by atoms with Crippen molar-refractivity contribution >= 4 is 5.65 Å². The van der Waals surface area contributed by atoms with Crippen LogP contribution in [0.3, 0.4) is 0 Å². The SMILES string of the molecule is Cc1c(-c2[nH]c3c(C#N)cnn3c(=O)c2C(C)C)cnn1C(C)C. The molecule has 124 valence electrons. The van der Waals surface area contributed by atoms with Gasteiger partial charge in [0.25, 0.3) is 5.56 Å². The Labute approximate surface area is 139 Å². The van der Waals surface area contributed by atoms with E-state index in [4.69, 9.17) is 0 Å². The van der Waals surface area contributed by atoms with Crippen molar-refractivity contribution in [2.75, 3.05) is 0 Å². The van der Waals surface area contributed by atoms with E-state index in [1.165, 1.54) is 10.7 Å². The summed E-state index contributed by atoms with van der Waals surface area (Å²) in [5.41, 5.74) is 3.76. The number of hydrogen-bond acceptors (Lipinski definition) is 4. The van der Waals surface area contributed by atoms with E-state index in [9.17, 15) is 10.1 Å². The Morgan fingerprint density at radius 1 is 1.21 bits per heavy atom. The molecule has 0 aliphatic carbocycles. The molecule has 0 aliphatic rings. The molecule has 0 aliphatic heterocycles. The number of aromatic amines is 1. The minimum atomic E-state index is -0.202. The van der Waals surface area contributed by atoms with E-state index in [0.29, 0.717) is 22.5 Å². The molecule has 0 unspecified atom stereocenters. The van der Waals surface area contributed by atoms with Crippen LogP contribution in [-0.2, 0) is 0 Å². The van der Waals surface area contributed by atoms with Crippen LogP contribution in [0.15, 0.2) is 17.2 Å². The monoisotopic (exact) mass is 324 g/mol. The summed E-state index contributed by atoms with van der Waals surface area (Å²) in [7, 11) is 0. The molecule has 0 aromatic carbocycles. The van der Waals surface area contributed by atoms with Gasteiger partial charge in [-0.15, -0.1) is 0 Å². The van der Waals surface area contributed by atoms with Crippen molar-refractivity contribution in [2.24, 2.45) is 0 Å². The number of H-pyrrole nitrogens is 1. The normalized spacial score (nSPS) is 11.6. The number of aromatic nitrogens is 5. The molecule has 3 aromatic heterocycles. The fourth-order valence-electron chi connectivity index (χ4n) is 3.05. The lowest BCUT2D eigenvalue weighted by molar-refractivity contribution is 0.519. The van der Waals surface area contributed by atoms with Gasteiger partial charge in [0.15, 0.2) is 5.65 Å². The van der Waals surface area contributed by atoms with Crippen LogP contribution in [0, 0.1) is 18.3 Å². The molecule has 0 radical (unpaired) electrons. The Balaban J connectivity index is 2.40. The zero-order valence-electron chi connectivity index (χ0n) is 14.5. The van der Waals surface area contributed by atoms with Crippen molar-refractivity contribution < 1.29 is 0 Å². The Morgan fingerprint density at radius 3 is 2.46 bits per heavy atom.